The fraction of sp³-hybridized carbons (Fsp3) is 0.727. The van der Waals surface area contributed by atoms with Gasteiger partial charge in [0.2, 0.25) is 0 Å². The minimum Gasteiger partial charge on any atom is -0.301 e. The standard InChI is InChI=1S/C22H42N4/c1-8-23-9-11-24(17-20(2)3)13-15-26(19-22(6)7)16-14-25(12-10-23)18-21(4)5/h2,4,6,8-19H2,1,3,5,7H3. The molecule has 1 fully saturated rings. The zero-order valence-corrected chi connectivity index (χ0v) is 17.9. The van der Waals surface area contributed by atoms with E-state index < -0.39 is 0 Å². The van der Waals surface area contributed by atoms with Gasteiger partial charge in [-0.15, -0.1) is 0 Å². The van der Waals surface area contributed by atoms with Crippen molar-refractivity contribution in [1.29, 1.82) is 0 Å². The first kappa shape index (κ1) is 23.1. The Hall–Kier alpha value is -0.940. The molecule has 0 saturated carbocycles. The van der Waals surface area contributed by atoms with Crippen LogP contribution >= 0.6 is 0 Å². The van der Waals surface area contributed by atoms with Crippen LogP contribution in [0.5, 0.6) is 0 Å². The van der Waals surface area contributed by atoms with Gasteiger partial charge < -0.3 is 4.90 Å². The zero-order chi connectivity index (χ0) is 19.5. The Labute approximate surface area is 162 Å². The normalized spacial score (nSPS) is 20.3. The number of nitrogens with zero attached hydrogens (tertiary/aromatic N) is 4. The van der Waals surface area contributed by atoms with Gasteiger partial charge in [-0.3, -0.25) is 14.7 Å². The molecular weight excluding hydrogens is 320 g/mol. The van der Waals surface area contributed by atoms with E-state index in [0.29, 0.717) is 0 Å². The summed E-state index contributed by atoms with van der Waals surface area (Å²) in [5.74, 6) is 0. The van der Waals surface area contributed by atoms with E-state index >= 15 is 0 Å². The number of hydrogen-bond acceptors (Lipinski definition) is 4. The van der Waals surface area contributed by atoms with Crippen molar-refractivity contribution in [3.05, 3.63) is 36.5 Å². The van der Waals surface area contributed by atoms with E-state index in [4.69, 9.17) is 0 Å². The molecule has 0 aliphatic carbocycles. The molecule has 1 aliphatic heterocycles. The molecule has 150 valence electrons. The highest BCUT2D eigenvalue weighted by molar-refractivity contribution is 4.95. The van der Waals surface area contributed by atoms with E-state index in [-0.39, 0.29) is 0 Å². The van der Waals surface area contributed by atoms with Crippen LogP contribution in [0.25, 0.3) is 0 Å². The van der Waals surface area contributed by atoms with Gasteiger partial charge in [0.05, 0.1) is 0 Å². The van der Waals surface area contributed by atoms with Crippen LogP contribution < -0.4 is 0 Å². The predicted molar refractivity (Wildman–Crippen MR) is 116 cm³/mol. The van der Waals surface area contributed by atoms with Crippen molar-refractivity contribution < 1.29 is 0 Å². The molecule has 4 heteroatoms. The molecule has 0 amide bonds. The van der Waals surface area contributed by atoms with Gasteiger partial charge in [-0.05, 0) is 27.3 Å². The Morgan fingerprint density at radius 1 is 0.538 bits per heavy atom. The molecule has 1 heterocycles. The lowest BCUT2D eigenvalue weighted by atomic mass is 10.2. The van der Waals surface area contributed by atoms with Crippen molar-refractivity contribution in [2.75, 3.05) is 78.5 Å². The van der Waals surface area contributed by atoms with Gasteiger partial charge in [0.25, 0.3) is 0 Å². The van der Waals surface area contributed by atoms with Crippen LogP contribution in [0, 0.1) is 0 Å². The molecule has 0 N–H and O–H groups in total. The molecule has 1 aliphatic rings. The highest BCUT2D eigenvalue weighted by Gasteiger charge is 2.16. The summed E-state index contributed by atoms with van der Waals surface area (Å²) in [7, 11) is 0. The Morgan fingerprint density at radius 2 is 0.769 bits per heavy atom. The molecule has 26 heavy (non-hydrogen) atoms. The highest BCUT2D eigenvalue weighted by atomic mass is 15.3. The van der Waals surface area contributed by atoms with Crippen LogP contribution in [0.1, 0.15) is 27.7 Å². The first-order chi connectivity index (χ1) is 12.3. The second-order valence-electron chi connectivity index (χ2n) is 8.13. The molecule has 0 aromatic rings. The zero-order valence-electron chi connectivity index (χ0n) is 17.9. The van der Waals surface area contributed by atoms with Crippen molar-refractivity contribution in [1.82, 2.24) is 19.6 Å². The van der Waals surface area contributed by atoms with Gasteiger partial charge in [-0.1, -0.05) is 43.4 Å². The van der Waals surface area contributed by atoms with Gasteiger partial charge in [0, 0.05) is 72.0 Å². The Kier molecular flexibility index (Phi) is 11.1. The van der Waals surface area contributed by atoms with Gasteiger partial charge in [-0.25, -0.2) is 0 Å². The van der Waals surface area contributed by atoms with E-state index in [1.165, 1.54) is 16.7 Å². The van der Waals surface area contributed by atoms with Gasteiger partial charge in [-0.2, -0.15) is 0 Å². The van der Waals surface area contributed by atoms with E-state index in [1.54, 1.807) is 0 Å². The lowest BCUT2D eigenvalue weighted by molar-refractivity contribution is 0.147. The maximum absolute atomic E-state index is 4.13. The van der Waals surface area contributed by atoms with Crippen molar-refractivity contribution in [3.8, 4) is 0 Å². The molecule has 0 aromatic carbocycles. The van der Waals surface area contributed by atoms with Crippen LogP contribution in [-0.2, 0) is 0 Å². The molecule has 0 unspecified atom stereocenters. The summed E-state index contributed by atoms with van der Waals surface area (Å²) in [5, 5.41) is 0. The number of rotatable bonds is 7. The third kappa shape index (κ3) is 10.3. The van der Waals surface area contributed by atoms with E-state index in [1.807, 2.05) is 0 Å². The molecular formula is C22H42N4. The van der Waals surface area contributed by atoms with Crippen LogP contribution in [-0.4, -0.2) is 98.1 Å². The average Bonchev–Trinajstić information content (AvgIpc) is 2.53. The predicted octanol–water partition coefficient (Wildman–Crippen LogP) is 2.96. The van der Waals surface area contributed by atoms with Crippen molar-refractivity contribution >= 4 is 0 Å². The lowest BCUT2D eigenvalue weighted by Gasteiger charge is -2.34. The molecule has 4 nitrogen and oxygen atoms in total. The summed E-state index contributed by atoms with van der Waals surface area (Å²) >= 11 is 0. The highest BCUT2D eigenvalue weighted by Crippen LogP contribution is 2.05. The van der Waals surface area contributed by atoms with Crippen molar-refractivity contribution in [2.45, 2.75) is 27.7 Å². The minimum absolute atomic E-state index is 0.989. The van der Waals surface area contributed by atoms with Crippen LogP contribution in [0.2, 0.25) is 0 Å². The quantitative estimate of drug-likeness (QED) is 0.646. The summed E-state index contributed by atoms with van der Waals surface area (Å²) in [6.07, 6.45) is 0. The summed E-state index contributed by atoms with van der Waals surface area (Å²) in [6, 6.07) is 0. The van der Waals surface area contributed by atoms with E-state index in [9.17, 15) is 0 Å². The molecule has 0 spiro atoms. The maximum atomic E-state index is 4.13. The smallest absolute Gasteiger partial charge is 0.0188 e. The molecule has 0 aromatic heterocycles. The average molecular weight is 363 g/mol. The van der Waals surface area contributed by atoms with Gasteiger partial charge in [0.15, 0.2) is 0 Å². The number of likely N-dealkylation sites (N-methyl/N-ethyl adjacent to an activating group) is 1. The Balaban J connectivity index is 2.82. The largest absolute Gasteiger partial charge is 0.301 e. The first-order valence-corrected chi connectivity index (χ1v) is 10.1. The van der Waals surface area contributed by atoms with Crippen LogP contribution in [0.3, 0.4) is 0 Å². The third-order valence-electron chi connectivity index (χ3n) is 4.86. The maximum Gasteiger partial charge on any atom is 0.0188 e. The molecule has 1 saturated heterocycles. The monoisotopic (exact) mass is 362 g/mol. The van der Waals surface area contributed by atoms with Gasteiger partial charge in [0.1, 0.15) is 0 Å². The SMILES string of the molecule is C=C(C)CN1CCN(CC)CCN(CC(=C)C)CCN(CC(=C)C)CC1. The van der Waals surface area contributed by atoms with Crippen LogP contribution in [0.4, 0.5) is 0 Å². The Morgan fingerprint density at radius 3 is 0.962 bits per heavy atom. The van der Waals surface area contributed by atoms with E-state index in [2.05, 4.69) is 67.0 Å². The topological polar surface area (TPSA) is 13.0 Å². The summed E-state index contributed by atoms with van der Waals surface area (Å²) in [4.78, 5) is 10.2. The Bertz CT molecular complexity index is 425. The fourth-order valence-corrected chi connectivity index (χ4v) is 3.51. The summed E-state index contributed by atoms with van der Waals surface area (Å²) in [6.45, 7) is 34.0. The fourth-order valence-electron chi connectivity index (χ4n) is 3.51. The van der Waals surface area contributed by atoms with Crippen molar-refractivity contribution in [2.24, 2.45) is 0 Å². The lowest BCUT2D eigenvalue weighted by Crippen LogP contribution is -2.46. The summed E-state index contributed by atoms with van der Waals surface area (Å²) < 4.78 is 0. The molecule has 0 radical (unpaired) electrons. The number of hydrogen-bond donors (Lipinski definition) is 0. The van der Waals surface area contributed by atoms with Crippen LogP contribution in [0.15, 0.2) is 36.5 Å². The molecule has 0 bridgehead atoms. The van der Waals surface area contributed by atoms with Gasteiger partial charge >= 0.3 is 0 Å². The molecule has 1 rings (SSSR count). The second kappa shape index (κ2) is 12.4. The van der Waals surface area contributed by atoms with Crippen molar-refractivity contribution in [3.63, 3.8) is 0 Å². The molecule has 0 atom stereocenters. The first-order valence-electron chi connectivity index (χ1n) is 10.1. The van der Waals surface area contributed by atoms with E-state index in [0.717, 1.165) is 78.5 Å². The summed E-state index contributed by atoms with van der Waals surface area (Å²) in [5.41, 5.74) is 3.74. The second-order valence-corrected chi connectivity index (χ2v) is 8.13. The third-order valence-corrected chi connectivity index (χ3v) is 4.86. The minimum atomic E-state index is 0.989.